The molecule has 20 heavy (non-hydrogen) atoms. The summed E-state index contributed by atoms with van der Waals surface area (Å²) in [5.74, 6) is 0.192. The van der Waals surface area contributed by atoms with Crippen molar-refractivity contribution >= 4 is 12.6 Å². The fourth-order valence-electron chi connectivity index (χ4n) is 1.95. The Kier molecular flexibility index (Phi) is 4.77. The van der Waals surface area contributed by atoms with E-state index in [0.717, 1.165) is 18.1 Å². The Bertz CT molecular complexity index is 587. The Labute approximate surface area is 117 Å². The van der Waals surface area contributed by atoms with Gasteiger partial charge in [-0.25, -0.2) is 4.39 Å². The molecule has 0 heterocycles. The molecule has 0 radical (unpaired) electrons. The van der Waals surface area contributed by atoms with E-state index in [2.05, 4.69) is 6.92 Å². The quantitative estimate of drug-likeness (QED) is 0.815. The van der Waals surface area contributed by atoms with Gasteiger partial charge in [0, 0.05) is 0 Å². The highest BCUT2D eigenvalue weighted by Gasteiger charge is 2.17. The monoisotopic (exact) mass is 274 g/mol. The van der Waals surface area contributed by atoms with Crippen LogP contribution in [0.1, 0.15) is 18.1 Å². The molecule has 0 spiro atoms. The molecule has 0 aliphatic heterocycles. The van der Waals surface area contributed by atoms with Gasteiger partial charge in [0.05, 0.1) is 0 Å². The molecule has 2 rings (SSSR count). The first-order valence-electron chi connectivity index (χ1n) is 6.46. The maximum atomic E-state index is 13.1. The van der Waals surface area contributed by atoms with Crippen LogP contribution in [0.25, 0.3) is 0 Å². The number of halogens is 1. The van der Waals surface area contributed by atoms with Crippen LogP contribution in [0.2, 0.25) is 0 Å². The second-order valence-electron chi connectivity index (χ2n) is 4.51. The van der Waals surface area contributed by atoms with Gasteiger partial charge in [0.15, 0.2) is 0 Å². The lowest BCUT2D eigenvalue weighted by Gasteiger charge is -2.11. The van der Waals surface area contributed by atoms with E-state index in [4.69, 9.17) is 4.74 Å². The molecule has 0 saturated heterocycles. The van der Waals surface area contributed by atoms with E-state index in [9.17, 15) is 14.4 Å². The molecule has 104 valence electrons. The molecule has 3 nitrogen and oxygen atoms in total. The first-order chi connectivity index (χ1) is 9.60. The maximum Gasteiger partial charge on any atom is 0.488 e. The molecule has 0 aromatic heterocycles. The van der Waals surface area contributed by atoms with Crippen LogP contribution >= 0.6 is 0 Å². The lowest BCUT2D eigenvalue weighted by molar-refractivity contribution is 0.306. The zero-order valence-corrected chi connectivity index (χ0v) is 11.2. The molecule has 2 aromatic rings. The normalized spacial score (nSPS) is 10.4. The van der Waals surface area contributed by atoms with E-state index < -0.39 is 12.9 Å². The standard InChI is InChI=1S/C15H16BFO3/c1-2-11-4-3-5-14(8-11)20-10-12-6-7-13(17)9-15(12)16(18)19/h3-9,18-19H,2,10H2,1H3. The lowest BCUT2D eigenvalue weighted by Crippen LogP contribution is -2.34. The van der Waals surface area contributed by atoms with Crippen molar-refractivity contribution < 1.29 is 19.2 Å². The van der Waals surface area contributed by atoms with Crippen LogP contribution in [0.15, 0.2) is 42.5 Å². The zero-order chi connectivity index (χ0) is 14.5. The van der Waals surface area contributed by atoms with Crippen molar-refractivity contribution in [2.75, 3.05) is 0 Å². The van der Waals surface area contributed by atoms with Gasteiger partial charge in [-0.3, -0.25) is 0 Å². The van der Waals surface area contributed by atoms with Crippen LogP contribution in [0.3, 0.4) is 0 Å². The van der Waals surface area contributed by atoms with Gasteiger partial charge in [0.2, 0.25) is 0 Å². The summed E-state index contributed by atoms with van der Waals surface area (Å²) in [7, 11) is -1.72. The summed E-state index contributed by atoms with van der Waals surface area (Å²) in [6, 6.07) is 11.5. The average molecular weight is 274 g/mol. The first kappa shape index (κ1) is 14.6. The third-order valence-electron chi connectivity index (χ3n) is 3.09. The van der Waals surface area contributed by atoms with Gasteiger partial charge in [0.25, 0.3) is 0 Å². The first-order valence-corrected chi connectivity index (χ1v) is 6.46. The summed E-state index contributed by atoms with van der Waals surface area (Å²) in [5.41, 5.74) is 1.82. The van der Waals surface area contributed by atoms with Crippen molar-refractivity contribution in [3.8, 4) is 5.75 Å². The molecule has 0 saturated carbocycles. The van der Waals surface area contributed by atoms with Crippen LogP contribution in [-0.4, -0.2) is 17.2 Å². The van der Waals surface area contributed by atoms with Crippen molar-refractivity contribution in [3.63, 3.8) is 0 Å². The van der Waals surface area contributed by atoms with Crippen LogP contribution in [-0.2, 0) is 13.0 Å². The molecule has 0 bridgehead atoms. The Morgan fingerprint density at radius 3 is 2.65 bits per heavy atom. The van der Waals surface area contributed by atoms with Crippen molar-refractivity contribution in [2.45, 2.75) is 20.0 Å². The number of hydrogen-bond donors (Lipinski definition) is 2. The maximum absolute atomic E-state index is 13.1. The minimum Gasteiger partial charge on any atom is -0.489 e. The Hall–Kier alpha value is -1.85. The van der Waals surface area contributed by atoms with Crippen LogP contribution < -0.4 is 10.2 Å². The van der Waals surface area contributed by atoms with Crippen LogP contribution in [0.5, 0.6) is 5.75 Å². The molecule has 0 aliphatic rings. The second kappa shape index (κ2) is 6.54. The minimum atomic E-state index is -1.72. The van der Waals surface area contributed by atoms with E-state index in [-0.39, 0.29) is 12.1 Å². The highest BCUT2D eigenvalue weighted by molar-refractivity contribution is 6.59. The molecule has 5 heteroatoms. The van der Waals surface area contributed by atoms with Crippen LogP contribution in [0, 0.1) is 5.82 Å². The topological polar surface area (TPSA) is 49.7 Å². The molecule has 0 amide bonds. The second-order valence-corrected chi connectivity index (χ2v) is 4.51. The van der Waals surface area contributed by atoms with Gasteiger partial charge in [-0.2, -0.15) is 0 Å². The number of aryl methyl sites for hydroxylation is 1. The van der Waals surface area contributed by atoms with E-state index >= 15 is 0 Å². The Balaban J connectivity index is 2.14. The van der Waals surface area contributed by atoms with Gasteiger partial charge in [-0.05, 0) is 47.3 Å². The van der Waals surface area contributed by atoms with E-state index in [1.807, 2.05) is 24.3 Å². The molecule has 0 unspecified atom stereocenters. The van der Waals surface area contributed by atoms with Crippen molar-refractivity contribution in [1.82, 2.24) is 0 Å². The Morgan fingerprint density at radius 1 is 1.15 bits per heavy atom. The smallest absolute Gasteiger partial charge is 0.488 e. The van der Waals surface area contributed by atoms with Gasteiger partial charge in [-0.1, -0.05) is 25.1 Å². The minimum absolute atomic E-state index is 0.122. The summed E-state index contributed by atoms with van der Waals surface area (Å²) in [6.45, 7) is 2.21. The SMILES string of the molecule is CCc1cccc(OCc2ccc(F)cc2B(O)O)c1. The van der Waals surface area contributed by atoms with Crippen molar-refractivity contribution in [1.29, 1.82) is 0 Å². The van der Waals surface area contributed by atoms with Crippen LogP contribution in [0.4, 0.5) is 4.39 Å². The van der Waals surface area contributed by atoms with E-state index in [0.29, 0.717) is 11.3 Å². The predicted molar refractivity (Wildman–Crippen MR) is 76.4 cm³/mol. The molecule has 0 atom stereocenters. The summed E-state index contributed by atoms with van der Waals surface area (Å²) >= 11 is 0. The van der Waals surface area contributed by atoms with Crippen molar-refractivity contribution in [2.24, 2.45) is 0 Å². The predicted octanol–water partition coefficient (Wildman–Crippen LogP) is 1.65. The van der Waals surface area contributed by atoms with E-state index in [1.54, 1.807) is 0 Å². The highest BCUT2D eigenvalue weighted by Crippen LogP contribution is 2.15. The zero-order valence-electron chi connectivity index (χ0n) is 11.2. The third-order valence-corrected chi connectivity index (χ3v) is 3.09. The Morgan fingerprint density at radius 2 is 1.95 bits per heavy atom. The van der Waals surface area contributed by atoms with Gasteiger partial charge in [0.1, 0.15) is 18.2 Å². The van der Waals surface area contributed by atoms with Gasteiger partial charge >= 0.3 is 7.12 Å². The number of benzene rings is 2. The number of ether oxygens (including phenoxy) is 1. The number of rotatable bonds is 5. The fourth-order valence-corrected chi connectivity index (χ4v) is 1.95. The summed E-state index contributed by atoms with van der Waals surface area (Å²) in [6.07, 6.45) is 0.911. The molecular formula is C15H16BFO3. The average Bonchev–Trinajstić information content (AvgIpc) is 2.46. The molecule has 2 N–H and O–H groups in total. The largest absolute Gasteiger partial charge is 0.489 e. The molecule has 0 fully saturated rings. The van der Waals surface area contributed by atoms with Gasteiger partial charge < -0.3 is 14.8 Å². The fraction of sp³-hybridized carbons (Fsp3) is 0.200. The highest BCUT2D eigenvalue weighted by atomic mass is 19.1. The molecular weight excluding hydrogens is 258 g/mol. The molecule has 2 aromatic carbocycles. The third kappa shape index (κ3) is 3.59. The lowest BCUT2D eigenvalue weighted by atomic mass is 9.77. The number of hydrogen-bond acceptors (Lipinski definition) is 3. The van der Waals surface area contributed by atoms with Gasteiger partial charge in [-0.15, -0.1) is 0 Å². The summed E-state index contributed by atoms with van der Waals surface area (Å²) < 4.78 is 18.7. The summed E-state index contributed by atoms with van der Waals surface area (Å²) in [5, 5.41) is 18.5. The molecule has 0 aliphatic carbocycles. The van der Waals surface area contributed by atoms with Crippen molar-refractivity contribution in [3.05, 3.63) is 59.4 Å². The summed E-state index contributed by atoms with van der Waals surface area (Å²) in [4.78, 5) is 0. The van der Waals surface area contributed by atoms with E-state index in [1.165, 1.54) is 12.1 Å².